The zero-order chi connectivity index (χ0) is 9.68. The highest BCUT2D eigenvalue weighted by Crippen LogP contribution is 2.11. The van der Waals surface area contributed by atoms with E-state index in [1.54, 1.807) is 18.3 Å². The second-order valence-corrected chi connectivity index (χ2v) is 2.43. The molecule has 2 amide bonds. The van der Waals surface area contributed by atoms with Gasteiger partial charge in [-0.05, 0) is 19.1 Å². The van der Waals surface area contributed by atoms with Crippen LogP contribution in [-0.2, 0) is 0 Å². The number of nitrogen functional groups attached to an aromatic ring is 1. The largest absolute Gasteiger partial charge is 0.396 e. The van der Waals surface area contributed by atoms with E-state index in [0.29, 0.717) is 18.1 Å². The first-order valence-electron chi connectivity index (χ1n) is 3.99. The average Bonchev–Trinajstić information content (AvgIpc) is 2.09. The quantitative estimate of drug-likeness (QED) is 0.630. The summed E-state index contributed by atoms with van der Waals surface area (Å²) < 4.78 is 0. The van der Waals surface area contributed by atoms with Crippen LogP contribution in [0.5, 0.6) is 0 Å². The van der Waals surface area contributed by atoms with Gasteiger partial charge in [0.15, 0.2) is 5.82 Å². The van der Waals surface area contributed by atoms with Crippen LogP contribution in [0.2, 0.25) is 0 Å². The molecule has 4 N–H and O–H groups in total. The molecule has 0 unspecified atom stereocenters. The summed E-state index contributed by atoms with van der Waals surface area (Å²) in [5, 5.41) is 5.10. The first-order valence-corrected chi connectivity index (χ1v) is 3.99. The molecule has 0 bridgehead atoms. The number of anilines is 2. The van der Waals surface area contributed by atoms with Gasteiger partial charge in [0.25, 0.3) is 0 Å². The number of aromatic nitrogens is 1. The van der Waals surface area contributed by atoms with Crippen molar-refractivity contribution in [3.05, 3.63) is 18.3 Å². The van der Waals surface area contributed by atoms with E-state index in [1.807, 2.05) is 6.92 Å². The number of rotatable bonds is 2. The van der Waals surface area contributed by atoms with Gasteiger partial charge in [-0.25, -0.2) is 9.78 Å². The van der Waals surface area contributed by atoms with E-state index in [2.05, 4.69) is 15.6 Å². The van der Waals surface area contributed by atoms with Gasteiger partial charge in [-0.15, -0.1) is 0 Å². The van der Waals surface area contributed by atoms with Crippen molar-refractivity contribution in [1.82, 2.24) is 10.3 Å². The van der Waals surface area contributed by atoms with Gasteiger partial charge in [0.05, 0.1) is 5.69 Å². The molecule has 0 aromatic carbocycles. The number of amides is 2. The number of nitrogens with zero attached hydrogens (tertiary/aromatic N) is 1. The second-order valence-electron chi connectivity index (χ2n) is 2.43. The van der Waals surface area contributed by atoms with E-state index in [0.717, 1.165) is 0 Å². The average molecular weight is 180 g/mol. The maximum Gasteiger partial charge on any atom is 0.320 e. The molecule has 70 valence electrons. The monoisotopic (exact) mass is 180 g/mol. The summed E-state index contributed by atoms with van der Waals surface area (Å²) in [4.78, 5) is 15.0. The summed E-state index contributed by atoms with van der Waals surface area (Å²) in [5.41, 5.74) is 6.01. The molecule has 13 heavy (non-hydrogen) atoms. The number of hydrogen-bond donors (Lipinski definition) is 3. The van der Waals surface area contributed by atoms with E-state index < -0.39 is 0 Å². The molecule has 1 aromatic rings. The molecule has 0 aliphatic heterocycles. The van der Waals surface area contributed by atoms with Gasteiger partial charge in [-0.2, -0.15) is 0 Å². The van der Waals surface area contributed by atoms with Crippen LogP contribution >= 0.6 is 0 Å². The van der Waals surface area contributed by atoms with Crippen LogP contribution in [0.4, 0.5) is 16.3 Å². The molecule has 1 heterocycles. The molecule has 0 aliphatic carbocycles. The minimum absolute atomic E-state index is 0.298. The van der Waals surface area contributed by atoms with Crippen molar-refractivity contribution in [2.45, 2.75) is 6.92 Å². The van der Waals surface area contributed by atoms with E-state index in [4.69, 9.17) is 5.73 Å². The van der Waals surface area contributed by atoms with Crippen molar-refractivity contribution in [1.29, 1.82) is 0 Å². The van der Waals surface area contributed by atoms with Gasteiger partial charge in [0.2, 0.25) is 0 Å². The SMILES string of the molecule is CCNC(=O)Nc1ncccc1N. The number of nitrogens with two attached hydrogens (primary N) is 1. The molecule has 0 spiro atoms. The lowest BCUT2D eigenvalue weighted by Crippen LogP contribution is -2.28. The van der Waals surface area contributed by atoms with Gasteiger partial charge in [-0.1, -0.05) is 0 Å². The number of carbonyl (C=O) groups is 1. The Morgan fingerprint density at radius 3 is 3.08 bits per heavy atom. The highest BCUT2D eigenvalue weighted by Gasteiger charge is 2.02. The van der Waals surface area contributed by atoms with E-state index >= 15 is 0 Å². The Morgan fingerprint density at radius 2 is 2.46 bits per heavy atom. The van der Waals surface area contributed by atoms with Gasteiger partial charge in [0, 0.05) is 12.7 Å². The van der Waals surface area contributed by atoms with Crippen molar-refractivity contribution >= 4 is 17.5 Å². The zero-order valence-electron chi connectivity index (χ0n) is 7.37. The molecule has 1 rings (SSSR count). The lowest BCUT2D eigenvalue weighted by Gasteiger charge is -2.06. The third kappa shape index (κ3) is 2.62. The van der Waals surface area contributed by atoms with Crippen LogP contribution in [0.15, 0.2) is 18.3 Å². The minimum Gasteiger partial charge on any atom is -0.396 e. The fourth-order valence-corrected chi connectivity index (χ4v) is 0.834. The lowest BCUT2D eigenvalue weighted by molar-refractivity contribution is 0.252. The fourth-order valence-electron chi connectivity index (χ4n) is 0.834. The number of hydrogen-bond acceptors (Lipinski definition) is 3. The Kier molecular flexibility index (Phi) is 3.08. The second kappa shape index (κ2) is 4.30. The highest BCUT2D eigenvalue weighted by molar-refractivity contribution is 5.90. The van der Waals surface area contributed by atoms with Crippen LogP contribution in [-0.4, -0.2) is 17.6 Å². The van der Waals surface area contributed by atoms with Crippen LogP contribution in [0.1, 0.15) is 6.92 Å². The summed E-state index contributed by atoms with van der Waals surface area (Å²) in [6, 6.07) is 3.08. The maximum atomic E-state index is 11.0. The van der Waals surface area contributed by atoms with Crippen LogP contribution in [0.3, 0.4) is 0 Å². The molecule has 0 aliphatic rings. The van der Waals surface area contributed by atoms with Crippen molar-refractivity contribution in [3.8, 4) is 0 Å². The molecular weight excluding hydrogens is 168 g/mol. The third-order valence-electron chi connectivity index (χ3n) is 1.41. The van der Waals surface area contributed by atoms with Crippen LogP contribution < -0.4 is 16.4 Å². The molecule has 0 fully saturated rings. The number of pyridine rings is 1. The maximum absolute atomic E-state index is 11.0. The first-order chi connectivity index (χ1) is 6.24. The lowest BCUT2D eigenvalue weighted by atomic mass is 10.4. The van der Waals surface area contributed by atoms with Crippen LogP contribution in [0.25, 0.3) is 0 Å². The third-order valence-corrected chi connectivity index (χ3v) is 1.41. The number of nitrogens with one attached hydrogen (secondary N) is 2. The molecule has 5 heteroatoms. The predicted octanol–water partition coefficient (Wildman–Crippen LogP) is 0.805. The van der Waals surface area contributed by atoms with E-state index in [-0.39, 0.29) is 6.03 Å². The Hall–Kier alpha value is -1.78. The van der Waals surface area contributed by atoms with E-state index in [1.165, 1.54) is 0 Å². The van der Waals surface area contributed by atoms with E-state index in [9.17, 15) is 4.79 Å². The number of urea groups is 1. The smallest absolute Gasteiger partial charge is 0.320 e. The Labute approximate surface area is 76.3 Å². The molecule has 5 nitrogen and oxygen atoms in total. The fraction of sp³-hybridized carbons (Fsp3) is 0.250. The molecule has 1 aromatic heterocycles. The minimum atomic E-state index is -0.298. The molecule has 0 saturated heterocycles. The van der Waals surface area contributed by atoms with Crippen molar-refractivity contribution < 1.29 is 4.79 Å². The zero-order valence-corrected chi connectivity index (χ0v) is 7.37. The molecule has 0 saturated carbocycles. The van der Waals surface area contributed by atoms with Crippen molar-refractivity contribution in [2.24, 2.45) is 0 Å². The summed E-state index contributed by atoms with van der Waals surface area (Å²) >= 11 is 0. The van der Waals surface area contributed by atoms with Crippen LogP contribution in [0, 0.1) is 0 Å². The molecular formula is C8H12N4O. The Balaban J connectivity index is 2.63. The summed E-state index contributed by atoms with van der Waals surface area (Å²) in [7, 11) is 0. The van der Waals surface area contributed by atoms with Crippen molar-refractivity contribution in [2.75, 3.05) is 17.6 Å². The Bertz CT molecular complexity index is 300. The topological polar surface area (TPSA) is 80.0 Å². The molecule has 0 atom stereocenters. The first kappa shape index (κ1) is 9.31. The van der Waals surface area contributed by atoms with Gasteiger partial charge >= 0.3 is 6.03 Å². The van der Waals surface area contributed by atoms with Gasteiger partial charge in [-0.3, -0.25) is 5.32 Å². The highest BCUT2D eigenvalue weighted by atomic mass is 16.2. The summed E-state index contributed by atoms with van der Waals surface area (Å²) in [6.07, 6.45) is 1.57. The normalized spacial score (nSPS) is 9.31. The molecule has 0 radical (unpaired) electrons. The van der Waals surface area contributed by atoms with Crippen molar-refractivity contribution in [3.63, 3.8) is 0 Å². The predicted molar refractivity (Wildman–Crippen MR) is 51.3 cm³/mol. The summed E-state index contributed by atoms with van der Waals surface area (Å²) in [6.45, 7) is 2.40. The Morgan fingerprint density at radius 1 is 1.69 bits per heavy atom. The number of carbonyl (C=O) groups excluding carboxylic acids is 1. The standard InChI is InChI=1S/C8H12N4O/c1-2-10-8(13)12-7-6(9)4-3-5-11-7/h3-5H,2,9H2,1H3,(H2,10,11,12,13). The summed E-state index contributed by atoms with van der Waals surface area (Å²) in [5.74, 6) is 0.383. The van der Waals surface area contributed by atoms with Gasteiger partial charge in [0.1, 0.15) is 0 Å². The van der Waals surface area contributed by atoms with Gasteiger partial charge < -0.3 is 11.1 Å².